The van der Waals surface area contributed by atoms with E-state index in [1.807, 2.05) is 16.6 Å². The van der Waals surface area contributed by atoms with Gasteiger partial charge in [0.25, 0.3) is 0 Å². The van der Waals surface area contributed by atoms with E-state index in [0.29, 0.717) is 12.8 Å². The summed E-state index contributed by atoms with van der Waals surface area (Å²) in [5.41, 5.74) is 4.58. The number of ether oxygens (including phenoxy) is 1. The van der Waals surface area contributed by atoms with Crippen molar-refractivity contribution in [3.8, 4) is 0 Å². The molecular formula is C22H29N3O4. The maximum Gasteiger partial charge on any atom is 0.306 e. The number of allylic oxidation sites excluding steroid dienone is 2. The molecule has 1 N–H and O–H groups in total. The van der Waals surface area contributed by atoms with E-state index in [-0.39, 0.29) is 23.3 Å². The fraction of sp³-hybridized carbons (Fsp3) is 0.682. The Morgan fingerprint density at radius 2 is 2.03 bits per heavy atom. The fourth-order valence-corrected chi connectivity index (χ4v) is 5.59. The van der Waals surface area contributed by atoms with Crippen molar-refractivity contribution in [2.24, 2.45) is 18.9 Å². The van der Waals surface area contributed by atoms with Gasteiger partial charge in [-0.05, 0) is 50.5 Å². The van der Waals surface area contributed by atoms with Gasteiger partial charge in [0, 0.05) is 37.3 Å². The van der Waals surface area contributed by atoms with Crippen LogP contribution in [-0.2, 0) is 34.2 Å². The minimum Gasteiger partial charge on any atom is -0.481 e. The van der Waals surface area contributed by atoms with Gasteiger partial charge in [-0.2, -0.15) is 5.10 Å². The number of fused-ring (bicyclic) bond motifs is 1. The van der Waals surface area contributed by atoms with E-state index in [2.05, 4.69) is 6.08 Å². The molecule has 2 unspecified atom stereocenters. The number of aryl methyl sites for hydroxylation is 1. The Morgan fingerprint density at radius 1 is 1.24 bits per heavy atom. The van der Waals surface area contributed by atoms with E-state index in [1.54, 1.807) is 0 Å². The molecule has 156 valence electrons. The number of amides is 1. The average molecular weight is 399 g/mol. The lowest BCUT2D eigenvalue weighted by molar-refractivity contribution is -0.162. The van der Waals surface area contributed by atoms with Crippen LogP contribution in [0.25, 0.3) is 5.57 Å². The monoisotopic (exact) mass is 399 g/mol. The van der Waals surface area contributed by atoms with Crippen LogP contribution in [0.2, 0.25) is 0 Å². The zero-order chi connectivity index (χ0) is 20.2. The molecule has 2 saturated heterocycles. The van der Waals surface area contributed by atoms with Gasteiger partial charge in [-0.1, -0.05) is 6.08 Å². The van der Waals surface area contributed by atoms with Gasteiger partial charge in [0.05, 0.1) is 24.7 Å². The fourth-order valence-electron chi connectivity index (χ4n) is 5.59. The Labute approximate surface area is 170 Å². The molecule has 3 heterocycles. The molecule has 1 spiro atoms. The van der Waals surface area contributed by atoms with Crippen LogP contribution in [0.15, 0.2) is 6.08 Å². The lowest BCUT2D eigenvalue weighted by Crippen LogP contribution is -2.64. The largest absolute Gasteiger partial charge is 0.481 e. The number of nitrogens with zero attached hydrogens (tertiary/aromatic N) is 3. The van der Waals surface area contributed by atoms with Crippen LogP contribution >= 0.6 is 0 Å². The van der Waals surface area contributed by atoms with E-state index in [0.717, 1.165) is 63.9 Å². The third-order valence-corrected chi connectivity index (χ3v) is 7.33. The predicted molar refractivity (Wildman–Crippen MR) is 106 cm³/mol. The summed E-state index contributed by atoms with van der Waals surface area (Å²) >= 11 is 0. The maximum absolute atomic E-state index is 13.0. The molecule has 0 radical (unpaired) electrons. The quantitative estimate of drug-likeness (QED) is 0.842. The Hall–Kier alpha value is -2.15. The van der Waals surface area contributed by atoms with Crippen LogP contribution in [0.5, 0.6) is 0 Å². The molecule has 1 amide bonds. The minimum atomic E-state index is -0.708. The summed E-state index contributed by atoms with van der Waals surface area (Å²) in [5.74, 6) is -0.689. The second-order valence-corrected chi connectivity index (χ2v) is 9.21. The van der Waals surface area contributed by atoms with Crippen LogP contribution in [0.3, 0.4) is 0 Å². The first-order chi connectivity index (χ1) is 14.0. The number of hydrogen-bond acceptors (Lipinski definition) is 4. The van der Waals surface area contributed by atoms with Crippen LogP contribution in [0, 0.1) is 11.8 Å². The molecule has 0 aromatic carbocycles. The Bertz CT molecular complexity index is 873. The summed E-state index contributed by atoms with van der Waals surface area (Å²) in [6.45, 7) is 2.34. The summed E-state index contributed by atoms with van der Waals surface area (Å²) in [7, 11) is 1.96. The topological polar surface area (TPSA) is 84.7 Å². The van der Waals surface area contributed by atoms with Gasteiger partial charge in [0.1, 0.15) is 5.60 Å². The molecule has 7 nitrogen and oxygen atoms in total. The van der Waals surface area contributed by atoms with Gasteiger partial charge in [-0.15, -0.1) is 0 Å². The highest BCUT2D eigenvalue weighted by molar-refractivity contribution is 5.81. The molecule has 2 atom stereocenters. The van der Waals surface area contributed by atoms with Crippen molar-refractivity contribution >= 4 is 17.4 Å². The van der Waals surface area contributed by atoms with Crippen LogP contribution in [0.4, 0.5) is 0 Å². The number of aliphatic carboxylic acids is 1. The van der Waals surface area contributed by atoms with Crippen molar-refractivity contribution in [2.75, 3.05) is 19.7 Å². The first-order valence-electron chi connectivity index (χ1n) is 10.9. The number of carboxylic acid groups (broad SMARTS) is 1. The number of hydrogen-bond donors (Lipinski definition) is 1. The van der Waals surface area contributed by atoms with Crippen molar-refractivity contribution in [1.82, 2.24) is 14.7 Å². The molecule has 0 saturated carbocycles. The van der Waals surface area contributed by atoms with Crippen LogP contribution < -0.4 is 0 Å². The summed E-state index contributed by atoms with van der Waals surface area (Å²) in [6.07, 6.45) is 8.73. The molecule has 1 aromatic heterocycles. The third kappa shape index (κ3) is 3.19. The zero-order valence-electron chi connectivity index (χ0n) is 17.0. The molecule has 7 heteroatoms. The van der Waals surface area contributed by atoms with Gasteiger partial charge < -0.3 is 14.7 Å². The number of rotatable bonds is 3. The maximum atomic E-state index is 13.0. The molecule has 5 rings (SSSR count). The lowest BCUT2D eigenvalue weighted by atomic mass is 9.81. The highest BCUT2D eigenvalue weighted by Gasteiger charge is 2.49. The lowest BCUT2D eigenvalue weighted by Gasteiger charge is -2.48. The molecule has 2 fully saturated rings. The molecule has 2 aliphatic heterocycles. The third-order valence-electron chi connectivity index (χ3n) is 7.33. The van der Waals surface area contributed by atoms with Gasteiger partial charge in [-0.25, -0.2) is 0 Å². The van der Waals surface area contributed by atoms with Crippen molar-refractivity contribution in [2.45, 2.75) is 57.0 Å². The van der Waals surface area contributed by atoms with Gasteiger partial charge >= 0.3 is 5.97 Å². The van der Waals surface area contributed by atoms with Gasteiger partial charge in [0.15, 0.2) is 0 Å². The second-order valence-electron chi connectivity index (χ2n) is 9.21. The zero-order valence-corrected chi connectivity index (χ0v) is 17.0. The molecule has 0 bridgehead atoms. The van der Waals surface area contributed by atoms with Crippen molar-refractivity contribution in [3.63, 3.8) is 0 Å². The van der Waals surface area contributed by atoms with Crippen molar-refractivity contribution < 1.29 is 19.4 Å². The summed E-state index contributed by atoms with van der Waals surface area (Å²) < 4.78 is 7.80. The number of carboxylic acids is 1. The van der Waals surface area contributed by atoms with Crippen LogP contribution in [0.1, 0.15) is 55.5 Å². The predicted octanol–water partition coefficient (Wildman–Crippen LogP) is 2.18. The number of aromatic nitrogens is 2. The first-order valence-corrected chi connectivity index (χ1v) is 10.9. The number of carbonyl (C=O) groups is 2. The Balaban J connectivity index is 1.28. The van der Waals surface area contributed by atoms with Gasteiger partial charge in [-0.3, -0.25) is 14.3 Å². The van der Waals surface area contributed by atoms with E-state index < -0.39 is 5.97 Å². The summed E-state index contributed by atoms with van der Waals surface area (Å²) in [5, 5.41) is 14.0. The van der Waals surface area contributed by atoms with Crippen molar-refractivity contribution in [3.05, 3.63) is 23.0 Å². The standard InChI is InChI=1S/C22H29N3O4/c1-24-18-11-16(20(26)25-12-22(13-25)9-2-10-29-22)7-8-17(18)19(23-24)14-3-5-15(6-4-14)21(27)28/h3,15-16H,2,4-13H2,1H3,(H,27,28). The normalized spacial score (nSPS) is 28.0. The molecular weight excluding hydrogens is 370 g/mol. The number of carbonyl (C=O) groups excluding carboxylic acids is 1. The Kier molecular flexibility index (Phi) is 4.53. The highest BCUT2D eigenvalue weighted by atomic mass is 16.5. The summed E-state index contributed by atoms with van der Waals surface area (Å²) in [4.78, 5) is 26.2. The van der Waals surface area contributed by atoms with E-state index >= 15 is 0 Å². The van der Waals surface area contributed by atoms with E-state index in [4.69, 9.17) is 9.84 Å². The van der Waals surface area contributed by atoms with E-state index in [9.17, 15) is 14.7 Å². The Morgan fingerprint density at radius 3 is 2.69 bits per heavy atom. The SMILES string of the molecule is Cn1nc(C2=CCC(C(=O)O)CC2)c2c1CC(C(=O)N1CC3(CCCO3)C1)CC2. The first kappa shape index (κ1) is 18.9. The molecule has 4 aliphatic rings. The average Bonchev–Trinajstić information content (AvgIpc) is 3.32. The molecule has 1 aromatic rings. The second kappa shape index (κ2) is 6.97. The summed E-state index contributed by atoms with van der Waals surface area (Å²) in [6, 6.07) is 0. The van der Waals surface area contributed by atoms with Crippen LogP contribution in [-0.4, -0.2) is 57.0 Å². The minimum absolute atomic E-state index is 0.0289. The van der Waals surface area contributed by atoms with Crippen molar-refractivity contribution in [1.29, 1.82) is 0 Å². The smallest absolute Gasteiger partial charge is 0.306 e. The highest BCUT2D eigenvalue weighted by Crippen LogP contribution is 2.39. The molecule has 2 aliphatic carbocycles. The molecule has 29 heavy (non-hydrogen) atoms. The van der Waals surface area contributed by atoms with Gasteiger partial charge in [0.2, 0.25) is 5.91 Å². The number of likely N-dealkylation sites (tertiary alicyclic amines) is 1. The van der Waals surface area contributed by atoms with E-state index in [1.165, 1.54) is 16.8 Å².